The number of hydrogen-bond donors (Lipinski definition) is 3. The number of carbonyl (C=O) groups is 1. The fraction of sp³-hybridized carbons (Fsp3) is 0.917. The van der Waals surface area contributed by atoms with E-state index in [-0.39, 0.29) is 12.5 Å². The SMILES string of the molecule is CO[C@H]1O[C@H](CN2CCCCC2=O)[C@H](O)[C@H](O)[C@H]1O. The molecule has 2 aliphatic rings. The number of ether oxygens (including phenoxy) is 2. The van der Waals surface area contributed by atoms with Crippen molar-refractivity contribution in [3.05, 3.63) is 0 Å². The number of nitrogens with zero attached hydrogens (tertiary/aromatic N) is 1. The fourth-order valence-electron chi connectivity index (χ4n) is 2.53. The molecule has 0 aromatic rings. The summed E-state index contributed by atoms with van der Waals surface area (Å²) in [6.45, 7) is 0.825. The molecule has 7 heteroatoms. The standard InChI is InChI=1S/C12H21NO6/c1-18-12-11(17)10(16)9(15)7(19-12)6-13-5-3-2-4-8(13)14/h7,9-12,15-17H,2-6H2,1H3/t7-,9+,10+,11-,12+/m1/s1. The van der Waals surface area contributed by atoms with E-state index in [1.54, 1.807) is 4.90 Å². The Balaban J connectivity index is 2.00. The first-order chi connectivity index (χ1) is 9.04. The summed E-state index contributed by atoms with van der Waals surface area (Å²) in [7, 11) is 1.35. The van der Waals surface area contributed by atoms with E-state index >= 15 is 0 Å². The summed E-state index contributed by atoms with van der Waals surface area (Å²) in [6, 6.07) is 0. The van der Waals surface area contributed by atoms with Crippen LogP contribution in [0, 0.1) is 0 Å². The Kier molecular flexibility index (Phi) is 4.75. The topological polar surface area (TPSA) is 99.5 Å². The predicted molar refractivity (Wildman–Crippen MR) is 64.1 cm³/mol. The summed E-state index contributed by atoms with van der Waals surface area (Å²) in [4.78, 5) is 13.3. The molecule has 0 aliphatic carbocycles. The van der Waals surface area contributed by atoms with Gasteiger partial charge in [0.15, 0.2) is 6.29 Å². The highest BCUT2D eigenvalue weighted by atomic mass is 16.7. The number of rotatable bonds is 3. The van der Waals surface area contributed by atoms with Crippen molar-refractivity contribution in [3.63, 3.8) is 0 Å². The third-order valence-electron chi connectivity index (χ3n) is 3.72. The minimum atomic E-state index is -1.34. The van der Waals surface area contributed by atoms with Crippen LogP contribution in [0.4, 0.5) is 0 Å². The van der Waals surface area contributed by atoms with E-state index in [4.69, 9.17) is 9.47 Å². The maximum atomic E-state index is 11.7. The monoisotopic (exact) mass is 275 g/mol. The van der Waals surface area contributed by atoms with Gasteiger partial charge in [-0.15, -0.1) is 0 Å². The average molecular weight is 275 g/mol. The van der Waals surface area contributed by atoms with Gasteiger partial charge < -0.3 is 29.7 Å². The number of likely N-dealkylation sites (tertiary alicyclic amines) is 1. The maximum absolute atomic E-state index is 11.7. The van der Waals surface area contributed by atoms with Gasteiger partial charge in [-0.05, 0) is 12.8 Å². The van der Waals surface area contributed by atoms with E-state index < -0.39 is 30.7 Å². The van der Waals surface area contributed by atoms with Crippen LogP contribution in [0.5, 0.6) is 0 Å². The lowest BCUT2D eigenvalue weighted by molar-refractivity contribution is -0.291. The van der Waals surface area contributed by atoms with Crippen LogP contribution in [0.15, 0.2) is 0 Å². The van der Waals surface area contributed by atoms with E-state index in [2.05, 4.69) is 0 Å². The van der Waals surface area contributed by atoms with Gasteiger partial charge >= 0.3 is 0 Å². The lowest BCUT2D eigenvalue weighted by Gasteiger charge is -2.42. The number of hydrogen-bond acceptors (Lipinski definition) is 6. The zero-order valence-corrected chi connectivity index (χ0v) is 10.9. The summed E-state index contributed by atoms with van der Waals surface area (Å²) in [6.07, 6.45) is -3.33. The van der Waals surface area contributed by atoms with E-state index in [1.165, 1.54) is 7.11 Å². The van der Waals surface area contributed by atoms with Crippen molar-refractivity contribution in [2.45, 2.75) is 50.0 Å². The van der Waals surface area contributed by atoms with Gasteiger partial charge in [0.25, 0.3) is 0 Å². The van der Waals surface area contributed by atoms with Gasteiger partial charge in [-0.25, -0.2) is 0 Å². The average Bonchev–Trinajstić information content (AvgIpc) is 2.41. The Morgan fingerprint density at radius 3 is 2.63 bits per heavy atom. The molecular weight excluding hydrogens is 254 g/mol. The highest BCUT2D eigenvalue weighted by molar-refractivity contribution is 5.76. The first-order valence-electron chi connectivity index (χ1n) is 6.55. The van der Waals surface area contributed by atoms with Crippen molar-refractivity contribution in [3.8, 4) is 0 Å². The van der Waals surface area contributed by atoms with Crippen LogP contribution in [-0.2, 0) is 14.3 Å². The summed E-state index contributed by atoms with van der Waals surface area (Å²) in [5.41, 5.74) is 0. The van der Waals surface area contributed by atoms with Gasteiger partial charge in [0.05, 0.1) is 0 Å². The Hall–Kier alpha value is -0.730. The summed E-state index contributed by atoms with van der Waals surface area (Å²) in [5, 5.41) is 29.3. The normalized spacial score (nSPS) is 40.5. The number of carbonyl (C=O) groups excluding carboxylic acids is 1. The van der Waals surface area contributed by atoms with Gasteiger partial charge in [0, 0.05) is 26.6 Å². The fourth-order valence-corrected chi connectivity index (χ4v) is 2.53. The lowest BCUT2D eigenvalue weighted by atomic mass is 9.98. The molecule has 0 spiro atoms. The Morgan fingerprint density at radius 2 is 2.00 bits per heavy atom. The molecule has 2 fully saturated rings. The third kappa shape index (κ3) is 3.06. The number of amides is 1. The predicted octanol–water partition coefficient (Wildman–Crippen LogP) is -1.55. The number of piperidine rings is 1. The molecule has 0 aromatic heterocycles. The molecule has 5 atom stereocenters. The van der Waals surface area contributed by atoms with Crippen LogP contribution in [0.3, 0.4) is 0 Å². The first-order valence-corrected chi connectivity index (χ1v) is 6.55. The minimum Gasteiger partial charge on any atom is -0.388 e. The molecule has 2 saturated heterocycles. The second-order valence-corrected chi connectivity index (χ2v) is 5.05. The van der Waals surface area contributed by atoms with Gasteiger partial charge in [-0.3, -0.25) is 4.79 Å². The minimum absolute atomic E-state index is 0.0247. The van der Waals surface area contributed by atoms with Crippen LogP contribution in [0.25, 0.3) is 0 Å². The number of aliphatic hydroxyl groups excluding tert-OH is 3. The summed E-state index contributed by atoms with van der Waals surface area (Å²) >= 11 is 0. The molecular formula is C12H21NO6. The molecule has 0 aromatic carbocycles. The van der Waals surface area contributed by atoms with Crippen LogP contribution in [0.1, 0.15) is 19.3 Å². The van der Waals surface area contributed by atoms with Gasteiger partial charge in [0.1, 0.15) is 24.4 Å². The van der Waals surface area contributed by atoms with Crippen molar-refractivity contribution in [2.24, 2.45) is 0 Å². The van der Waals surface area contributed by atoms with Gasteiger partial charge in [-0.2, -0.15) is 0 Å². The molecule has 2 heterocycles. The van der Waals surface area contributed by atoms with Crippen LogP contribution in [0.2, 0.25) is 0 Å². The third-order valence-corrected chi connectivity index (χ3v) is 3.72. The largest absolute Gasteiger partial charge is 0.388 e. The van der Waals surface area contributed by atoms with Crippen molar-refractivity contribution < 1.29 is 29.6 Å². The molecule has 19 heavy (non-hydrogen) atoms. The molecule has 0 unspecified atom stereocenters. The second-order valence-electron chi connectivity index (χ2n) is 5.05. The van der Waals surface area contributed by atoms with Crippen molar-refractivity contribution in [2.75, 3.05) is 20.2 Å². The summed E-state index contributed by atoms with van der Waals surface area (Å²) in [5.74, 6) is 0.0247. The highest BCUT2D eigenvalue weighted by Crippen LogP contribution is 2.23. The Bertz CT molecular complexity index is 323. The van der Waals surface area contributed by atoms with Crippen LogP contribution < -0.4 is 0 Å². The summed E-state index contributed by atoms with van der Waals surface area (Å²) < 4.78 is 10.3. The quantitative estimate of drug-likeness (QED) is 0.577. The maximum Gasteiger partial charge on any atom is 0.222 e. The van der Waals surface area contributed by atoms with E-state index in [9.17, 15) is 20.1 Å². The van der Waals surface area contributed by atoms with Crippen molar-refractivity contribution in [1.82, 2.24) is 4.90 Å². The van der Waals surface area contributed by atoms with Gasteiger partial charge in [0.2, 0.25) is 5.91 Å². The van der Waals surface area contributed by atoms with E-state index in [1.807, 2.05) is 0 Å². The molecule has 0 radical (unpaired) electrons. The molecule has 2 aliphatic heterocycles. The van der Waals surface area contributed by atoms with E-state index in [0.29, 0.717) is 13.0 Å². The first kappa shape index (κ1) is 14.7. The lowest BCUT2D eigenvalue weighted by Crippen LogP contribution is -2.61. The molecule has 1 amide bonds. The van der Waals surface area contributed by atoms with Crippen LogP contribution in [-0.4, -0.2) is 77.0 Å². The number of methoxy groups -OCH3 is 1. The second kappa shape index (κ2) is 6.15. The van der Waals surface area contributed by atoms with Crippen LogP contribution >= 0.6 is 0 Å². The Morgan fingerprint density at radius 1 is 1.26 bits per heavy atom. The molecule has 2 rings (SSSR count). The van der Waals surface area contributed by atoms with E-state index in [0.717, 1.165) is 12.8 Å². The smallest absolute Gasteiger partial charge is 0.222 e. The van der Waals surface area contributed by atoms with Crippen molar-refractivity contribution >= 4 is 5.91 Å². The molecule has 7 nitrogen and oxygen atoms in total. The molecule has 110 valence electrons. The Labute approximate surface area is 111 Å². The zero-order chi connectivity index (χ0) is 14.0. The molecule has 0 saturated carbocycles. The molecule has 0 bridgehead atoms. The number of aliphatic hydroxyl groups is 3. The molecule has 3 N–H and O–H groups in total. The van der Waals surface area contributed by atoms with Gasteiger partial charge in [-0.1, -0.05) is 0 Å². The highest BCUT2D eigenvalue weighted by Gasteiger charge is 2.44. The van der Waals surface area contributed by atoms with Crippen molar-refractivity contribution in [1.29, 1.82) is 0 Å². The zero-order valence-electron chi connectivity index (χ0n) is 10.9.